The van der Waals surface area contributed by atoms with Crippen molar-refractivity contribution in [1.29, 1.82) is 0 Å². The Labute approximate surface area is 170 Å². The number of aromatic nitrogens is 2. The molecule has 0 amide bonds. The molecule has 142 valence electrons. The summed E-state index contributed by atoms with van der Waals surface area (Å²) in [4.78, 5) is 10.1. The van der Waals surface area contributed by atoms with E-state index in [0.29, 0.717) is 6.79 Å². The van der Waals surface area contributed by atoms with Crippen LogP contribution < -0.4 is 9.47 Å². The summed E-state index contributed by atoms with van der Waals surface area (Å²) >= 11 is 1.68. The Kier molecular flexibility index (Phi) is 3.77. The summed E-state index contributed by atoms with van der Waals surface area (Å²) in [5.41, 5.74) is 4.12. The summed E-state index contributed by atoms with van der Waals surface area (Å²) in [5, 5.41) is 1.11. The fraction of sp³-hybridized carbons (Fsp3) is 0.130. The summed E-state index contributed by atoms with van der Waals surface area (Å²) < 4.78 is 18.0. The van der Waals surface area contributed by atoms with Gasteiger partial charge in [-0.05, 0) is 48.7 Å². The molecule has 4 heterocycles. The molecule has 5 nitrogen and oxygen atoms in total. The monoisotopic (exact) mass is 400 g/mol. The van der Waals surface area contributed by atoms with Crippen LogP contribution in [0.15, 0.2) is 65.3 Å². The SMILES string of the molecule is c1ccc2oc(-c3cc4ncnc(CCc5ccc6c(c5)OCO6)c4s3)cc2c1. The average molecular weight is 400 g/mol. The lowest BCUT2D eigenvalue weighted by atomic mass is 10.1. The van der Waals surface area contributed by atoms with Crippen molar-refractivity contribution < 1.29 is 13.9 Å². The molecule has 5 aromatic rings. The molecule has 0 aliphatic carbocycles. The van der Waals surface area contributed by atoms with Gasteiger partial charge in [-0.3, -0.25) is 0 Å². The summed E-state index contributed by atoms with van der Waals surface area (Å²) in [6.45, 7) is 0.297. The third kappa shape index (κ3) is 2.93. The second kappa shape index (κ2) is 6.60. The van der Waals surface area contributed by atoms with E-state index >= 15 is 0 Å². The first-order chi connectivity index (χ1) is 14.3. The van der Waals surface area contributed by atoms with Crippen molar-refractivity contribution in [1.82, 2.24) is 9.97 Å². The van der Waals surface area contributed by atoms with Crippen LogP contribution in [0.1, 0.15) is 11.3 Å². The van der Waals surface area contributed by atoms with Crippen molar-refractivity contribution in [3.8, 4) is 22.1 Å². The highest BCUT2D eigenvalue weighted by molar-refractivity contribution is 7.22. The van der Waals surface area contributed by atoms with Gasteiger partial charge >= 0.3 is 0 Å². The number of thiophene rings is 1. The van der Waals surface area contributed by atoms with Crippen LogP contribution >= 0.6 is 11.3 Å². The van der Waals surface area contributed by atoms with Crippen molar-refractivity contribution in [2.24, 2.45) is 0 Å². The highest BCUT2D eigenvalue weighted by atomic mass is 32.1. The standard InChI is InChI=1S/C23H16N2O3S/c1-2-4-18-15(3-1)10-21(28-18)22-11-17-23(29-22)16(24-12-25-17)7-5-14-6-8-19-20(9-14)27-13-26-19/h1-4,6,8-12H,5,7,13H2. The Hall–Kier alpha value is -3.38. The van der Waals surface area contributed by atoms with Crippen molar-refractivity contribution in [3.63, 3.8) is 0 Å². The first kappa shape index (κ1) is 16.6. The first-order valence-corrected chi connectivity index (χ1v) is 10.3. The lowest BCUT2D eigenvalue weighted by Crippen LogP contribution is -1.95. The minimum absolute atomic E-state index is 0.297. The molecule has 3 aromatic heterocycles. The minimum atomic E-state index is 0.297. The van der Waals surface area contributed by atoms with E-state index < -0.39 is 0 Å². The molecule has 6 rings (SSSR count). The number of nitrogens with zero attached hydrogens (tertiary/aromatic N) is 2. The van der Waals surface area contributed by atoms with Gasteiger partial charge in [0.25, 0.3) is 0 Å². The second-order valence-corrected chi connectivity index (χ2v) is 8.03. The van der Waals surface area contributed by atoms with E-state index in [-0.39, 0.29) is 0 Å². The number of rotatable bonds is 4. The second-order valence-electron chi connectivity index (χ2n) is 6.98. The van der Waals surface area contributed by atoms with Crippen LogP contribution in [0.3, 0.4) is 0 Å². The first-order valence-electron chi connectivity index (χ1n) is 9.44. The Morgan fingerprint density at radius 2 is 1.83 bits per heavy atom. The molecule has 2 aromatic carbocycles. The van der Waals surface area contributed by atoms with Crippen LogP contribution in [0, 0.1) is 0 Å². The Morgan fingerprint density at radius 1 is 0.897 bits per heavy atom. The van der Waals surface area contributed by atoms with Crippen molar-refractivity contribution in [2.45, 2.75) is 12.8 Å². The summed E-state index contributed by atoms with van der Waals surface area (Å²) in [7, 11) is 0. The molecule has 29 heavy (non-hydrogen) atoms. The fourth-order valence-electron chi connectivity index (χ4n) is 3.67. The summed E-state index contributed by atoms with van der Waals surface area (Å²) in [6, 6.07) is 18.3. The van der Waals surface area contributed by atoms with Gasteiger partial charge in [0.2, 0.25) is 6.79 Å². The van der Waals surface area contributed by atoms with Gasteiger partial charge in [-0.25, -0.2) is 9.97 Å². The highest BCUT2D eigenvalue weighted by Gasteiger charge is 2.15. The van der Waals surface area contributed by atoms with E-state index in [1.807, 2.05) is 24.3 Å². The third-order valence-corrected chi connectivity index (χ3v) is 6.33. The molecule has 0 spiro atoms. The average Bonchev–Trinajstić information content (AvgIpc) is 3.48. The van der Waals surface area contributed by atoms with Crippen molar-refractivity contribution >= 4 is 32.5 Å². The molecule has 0 fully saturated rings. The maximum Gasteiger partial charge on any atom is 0.231 e. The molecule has 0 saturated heterocycles. The number of furan rings is 1. The van der Waals surface area contributed by atoms with E-state index in [9.17, 15) is 0 Å². The molecule has 1 aliphatic heterocycles. The molecule has 0 radical (unpaired) electrons. The lowest BCUT2D eigenvalue weighted by Gasteiger charge is -2.04. The molecule has 1 aliphatic rings. The van der Waals surface area contributed by atoms with E-state index in [4.69, 9.17) is 13.9 Å². The minimum Gasteiger partial charge on any atom is -0.455 e. The van der Waals surface area contributed by atoms with Crippen LogP contribution in [0.4, 0.5) is 0 Å². The maximum atomic E-state index is 6.03. The Bertz CT molecular complexity index is 1320. The molecular weight excluding hydrogens is 384 g/mol. The molecule has 0 N–H and O–H groups in total. The maximum absolute atomic E-state index is 6.03. The van der Waals surface area contributed by atoms with E-state index in [1.54, 1.807) is 17.7 Å². The van der Waals surface area contributed by atoms with Gasteiger partial charge in [0.1, 0.15) is 17.7 Å². The predicted octanol–water partition coefficient (Wildman–Crippen LogP) is 5.62. The summed E-state index contributed by atoms with van der Waals surface area (Å²) in [5.74, 6) is 2.50. The van der Waals surface area contributed by atoms with Crippen LogP contribution in [-0.2, 0) is 12.8 Å². The fourth-order valence-corrected chi connectivity index (χ4v) is 4.75. The molecule has 0 saturated carbocycles. The number of fused-ring (bicyclic) bond motifs is 3. The normalized spacial score (nSPS) is 12.8. The smallest absolute Gasteiger partial charge is 0.231 e. The van der Waals surface area contributed by atoms with Gasteiger partial charge in [0, 0.05) is 5.39 Å². The molecular formula is C23H16N2O3S. The van der Waals surface area contributed by atoms with E-state index in [1.165, 1.54) is 5.56 Å². The van der Waals surface area contributed by atoms with E-state index in [0.717, 1.165) is 61.9 Å². The highest BCUT2D eigenvalue weighted by Crippen LogP contribution is 2.37. The quantitative estimate of drug-likeness (QED) is 0.392. The van der Waals surface area contributed by atoms with Gasteiger partial charge in [-0.15, -0.1) is 11.3 Å². The van der Waals surface area contributed by atoms with Crippen LogP contribution in [0.2, 0.25) is 0 Å². The number of hydrogen-bond acceptors (Lipinski definition) is 6. The number of para-hydroxylation sites is 1. The third-order valence-electron chi connectivity index (χ3n) is 5.14. The zero-order chi connectivity index (χ0) is 19.2. The summed E-state index contributed by atoms with van der Waals surface area (Å²) in [6.07, 6.45) is 3.35. The van der Waals surface area contributed by atoms with Gasteiger partial charge in [-0.1, -0.05) is 24.3 Å². The van der Waals surface area contributed by atoms with Crippen LogP contribution in [-0.4, -0.2) is 16.8 Å². The molecule has 6 heteroatoms. The number of ether oxygens (including phenoxy) is 2. The topological polar surface area (TPSA) is 57.4 Å². The number of hydrogen-bond donors (Lipinski definition) is 0. The van der Waals surface area contributed by atoms with Crippen LogP contribution in [0.25, 0.3) is 31.8 Å². The Morgan fingerprint density at radius 3 is 2.79 bits per heavy atom. The number of aryl methyl sites for hydroxylation is 2. The molecule has 0 bridgehead atoms. The zero-order valence-corrected chi connectivity index (χ0v) is 16.2. The van der Waals surface area contributed by atoms with Gasteiger partial charge in [-0.2, -0.15) is 0 Å². The van der Waals surface area contributed by atoms with Gasteiger partial charge < -0.3 is 13.9 Å². The lowest BCUT2D eigenvalue weighted by molar-refractivity contribution is 0.174. The predicted molar refractivity (Wildman–Crippen MR) is 113 cm³/mol. The van der Waals surface area contributed by atoms with Gasteiger partial charge in [0.05, 0.1) is 20.8 Å². The Balaban J connectivity index is 1.31. The van der Waals surface area contributed by atoms with E-state index in [2.05, 4.69) is 40.3 Å². The molecule has 0 atom stereocenters. The van der Waals surface area contributed by atoms with Gasteiger partial charge in [0.15, 0.2) is 11.5 Å². The molecule has 0 unspecified atom stereocenters. The van der Waals surface area contributed by atoms with Crippen LogP contribution in [0.5, 0.6) is 11.5 Å². The largest absolute Gasteiger partial charge is 0.455 e. The zero-order valence-electron chi connectivity index (χ0n) is 15.4. The van der Waals surface area contributed by atoms with Crippen molar-refractivity contribution in [3.05, 3.63) is 72.2 Å². The van der Waals surface area contributed by atoms with Crippen molar-refractivity contribution in [2.75, 3.05) is 6.79 Å². The number of benzene rings is 2.